The van der Waals surface area contributed by atoms with Gasteiger partial charge in [0.05, 0.1) is 5.75 Å². The van der Waals surface area contributed by atoms with Crippen LogP contribution in [0.25, 0.3) is 0 Å². The second-order valence-electron chi connectivity index (χ2n) is 3.59. The molecule has 0 saturated heterocycles. The van der Waals surface area contributed by atoms with Gasteiger partial charge in [-0.3, -0.25) is 0 Å². The second-order valence-corrected chi connectivity index (χ2v) is 5.68. The first-order valence-electron chi connectivity index (χ1n) is 5.67. The summed E-state index contributed by atoms with van der Waals surface area (Å²) in [5.74, 6) is 0.158. The SMILES string of the molecule is CCCCN(CC)S(=O)(=O)CCCCO. The van der Waals surface area contributed by atoms with Gasteiger partial charge in [0, 0.05) is 19.7 Å². The number of aliphatic hydroxyl groups is 1. The Hall–Kier alpha value is -0.130. The molecule has 0 aliphatic rings. The minimum Gasteiger partial charge on any atom is -0.396 e. The van der Waals surface area contributed by atoms with Crippen molar-refractivity contribution in [2.24, 2.45) is 0 Å². The average Bonchev–Trinajstić information content (AvgIpc) is 2.19. The normalized spacial score (nSPS) is 12.3. The molecule has 0 aromatic rings. The van der Waals surface area contributed by atoms with E-state index in [1.165, 1.54) is 4.31 Å². The average molecular weight is 237 g/mol. The van der Waals surface area contributed by atoms with Crippen molar-refractivity contribution < 1.29 is 13.5 Å². The molecule has 92 valence electrons. The van der Waals surface area contributed by atoms with E-state index in [0.29, 0.717) is 25.9 Å². The van der Waals surface area contributed by atoms with E-state index in [0.717, 1.165) is 12.8 Å². The van der Waals surface area contributed by atoms with Crippen LogP contribution < -0.4 is 0 Å². The largest absolute Gasteiger partial charge is 0.396 e. The molecule has 0 aliphatic carbocycles. The van der Waals surface area contributed by atoms with Crippen LogP contribution in [-0.2, 0) is 10.0 Å². The number of nitrogens with zero attached hydrogens (tertiary/aromatic N) is 1. The molecule has 4 nitrogen and oxygen atoms in total. The molecule has 0 aromatic heterocycles. The Morgan fingerprint density at radius 2 is 1.80 bits per heavy atom. The number of unbranched alkanes of at least 4 members (excludes halogenated alkanes) is 2. The van der Waals surface area contributed by atoms with Crippen molar-refractivity contribution in [1.29, 1.82) is 0 Å². The molecular weight excluding hydrogens is 214 g/mol. The van der Waals surface area contributed by atoms with Gasteiger partial charge in [0.25, 0.3) is 0 Å². The third-order valence-electron chi connectivity index (χ3n) is 2.32. The summed E-state index contributed by atoms with van der Waals surface area (Å²) in [5.41, 5.74) is 0. The van der Waals surface area contributed by atoms with Gasteiger partial charge in [0.1, 0.15) is 0 Å². The fourth-order valence-corrected chi connectivity index (χ4v) is 2.98. The monoisotopic (exact) mass is 237 g/mol. The first kappa shape index (κ1) is 14.9. The van der Waals surface area contributed by atoms with Crippen LogP contribution in [0, 0.1) is 0 Å². The van der Waals surface area contributed by atoms with Gasteiger partial charge in [0.15, 0.2) is 0 Å². The van der Waals surface area contributed by atoms with Crippen LogP contribution in [0.4, 0.5) is 0 Å². The van der Waals surface area contributed by atoms with E-state index < -0.39 is 10.0 Å². The number of sulfonamides is 1. The molecule has 0 bridgehead atoms. The Labute approximate surface area is 93.3 Å². The first-order valence-corrected chi connectivity index (χ1v) is 7.28. The lowest BCUT2D eigenvalue weighted by molar-refractivity contribution is 0.287. The Morgan fingerprint density at radius 3 is 2.27 bits per heavy atom. The fraction of sp³-hybridized carbons (Fsp3) is 1.00. The number of aliphatic hydroxyl groups excluding tert-OH is 1. The third-order valence-corrected chi connectivity index (χ3v) is 4.35. The molecule has 0 unspecified atom stereocenters. The molecule has 0 fully saturated rings. The lowest BCUT2D eigenvalue weighted by Gasteiger charge is -2.19. The molecular formula is C10H23NO3S. The van der Waals surface area contributed by atoms with E-state index in [1.54, 1.807) is 0 Å². The molecule has 5 heteroatoms. The molecule has 0 rings (SSSR count). The summed E-state index contributed by atoms with van der Waals surface area (Å²) in [6.07, 6.45) is 3.02. The van der Waals surface area contributed by atoms with E-state index in [-0.39, 0.29) is 12.4 Å². The van der Waals surface area contributed by atoms with Gasteiger partial charge in [-0.2, -0.15) is 0 Å². The molecule has 0 heterocycles. The summed E-state index contributed by atoms with van der Waals surface area (Å²) in [7, 11) is -3.09. The Kier molecular flexibility index (Phi) is 8.00. The Morgan fingerprint density at radius 1 is 1.13 bits per heavy atom. The topological polar surface area (TPSA) is 57.6 Å². The summed E-state index contributed by atoms with van der Waals surface area (Å²) < 4.78 is 25.1. The maximum absolute atomic E-state index is 11.8. The third kappa shape index (κ3) is 6.12. The number of rotatable bonds is 9. The summed E-state index contributed by atoms with van der Waals surface area (Å²) in [4.78, 5) is 0. The van der Waals surface area contributed by atoms with Crippen molar-refractivity contribution in [1.82, 2.24) is 4.31 Å². The maximum Gasteiger partial charge on any atom is 0.214 e. The summed E-state index contributed by atoms with van der Waals surface area (Å²) in [6.45, 7) is 5.14. The molecule has 0 radical (unpaired) electrons. The Balaban J connectivity index is 4.13. The van der Waals surface area contributed by atoms with Gasteiger partial charge in [-0.1, -0.05) is 20.3 Å². The number of hydrogen-bond donors (Lipinski definition) is 1. The molecule has 0 spiro atoms. The van der Waals surface area contributed by atoms with Crippen LogP contribution in [0.5, 0.6) is 0 Å². The van der Waals surface area contributed by atoms with Crippen molar-refractivity contribution in [3.05, 3.63) is 0 Å². The van der Waals surface area contributed by atoms with E-state index in [2.05, 4.69) is 0 Å². The maximum atomic E-state index is 11.8. The summed E-state index contributed by atoms with van der Waals surface area (Å²) in [6, 6.07) is 0. The van der Waals surface area contributed by atoms with E-state index >= 15 is 0 Å². The van der Waals surface area contributed by atoms with Gasteiger partial charge in [0.2, 0.25) is 10.0 Å². The van der Waals surface area contributed by atoms with Crippen molar-refractivity contribution in [3.8, 4) is 0 Å². The molecule has 0 aromatic carbocycles. The van der Waals surface area contributed by atoms with Gasteiger partial charge >= 0.3 is 0 Å². The van der Waals surface area contributed by atoms with Crippen LogP contribution in [-0.4, -0.2) is 43.3 Å². The van der Waals surface area contributed by atoms with E-state index in [1.807, 2.05) is 13.8 Å². The second kappa shape index (κ2) is 8.07. The zero-order chi connectivity index (χ0) is 11.7. The molecule has 0 amide bonds. The van der Waals surface area contributed by atoms with Crippen molar-refractivity contribution in [2.45, 2.75) is 39.5 Å². The van der Waals surface area contributed by atoms with Crippen molar-refractivity contribution >= 4 is 10.0 Å². The standard InChI is InChI=1S/C10H23NO3S/c1-3-5-8-11(4-2)15(13,14)10-7-6-9-12/h12H,3-10H2,1-2H3. The van der Waals surface area contributed by atoms with Crippen molar-refractivity contribution in [3.63, 3.8) is 0 Å². The summed E-state index contributed by atoms with van der Waals surface area (Å²) >= 11 is 0. The van der Waals surface area contributed by atoms with E-state index in [9.17, 15) is 8.42 Å². The van der Waals surface area contributed by atoms with Gasteiger partial charge in [-0.15, -0.1) is 0 Å². The highest BCUT2D eigenvalue weighted by molar-refractivity contribution is 7.89. The Bertz CT molecular complexity index is 239. The zero-order valence-corrected chi connectivity index (χ0v) is 10.6. The van der Waals surface area contributed by atoms with Crippen LogP contribution in [0.2, 0.25) is 0 Å². The van der Waals surface area contributed by atoms with Crippen LogP contribution in [0.15, 0.2) is 0 Å². The van der Waals surface area contributed by atoms with E-state index in [4.69, 9.17) is 5.11 Å². The van der Waals surface area contributed by atoms with Crippen LogP contribution in [0.3, 0.4) is 0 Å². The highest BCUT2D eigenvalue weighted by Crippen LogP contribution is 2.06. The molecule has 0 saturated carbocycles. The molecule has 0 atom stereocenters. The molecule has 15 heavy (non-hydrogen) atoms. The minimum atomic E-state index is -3.09. The lowest BCUT2D eigenvalue weighted by Crippen LogP contribution is -2.33. The van der Waals surface area contributed by atoms with Crippen LogP contribution >= 0.6 is 0 Å². The first-order chi connectivity index (χ1) is 7.08. The minimum absolute atomic E-state index is 0.0661. The van der Waals surface area contributed by atoms with Crippen molar-refractivity contribution in [2.75, 3.05) is 25.4 Å². The van der Waals surface area contributed by atoms with Gasteiger partial charge in [-0.05, 0) is 19.3 Å². The quantitative estimate of drug-likeness (QED) is 0.613. The lowest BCUT2D eigenvalue weighted by atomic mass is 10.3. The smallest absolute Gasteiger partial charge is 0.214 e. The highest BCUT2D eigenvalue weighted by Gasteiger charge is 2.18. The van der Waals surface area contributed by atoms with Crippen LogP contribution in [0.1, 0.15) is 39.5 Å². The fourth-order valence-electron chi connectivity index (χ4n) is 1.35. The predicted octanol–water partition coefficient (Wildman–Crippen LogP) is 1.21. The van der Waals surface area contributed by atoms with Gasteiger partial charge < -0.3 is 5.11 Å². The zero-order valence-electron chi connectivity index (χ0n) is 9.78. The van der Waals surface area contributed by atoms with Gasteiger partial charge in [-0.25, -0.2) is 12.7 Å². The highest BCUT2D eigenvalue weighted by atomic mass is 32.2. The predicted molar refractivity (Wildman–Crippen MR) is 62.3 cm³/mol. The summed E-state index contributed by atoms with van der Waals surface area (Å²) in [5, 5.41) is 8.59. The number of hydrogen-bond acceptors (Lipinski definition) is 3. The molecule has 0 aliphatic heterocycles. The molecule has 1 N–H and O–H groups in total.